The fourth-order valence-electron chi connectivity index (χ4n) is 1.94. The molecule has 4 heteroatoms. The van der Waals surface area contributed by atoms with Crippen LogP contribution in [0.5, 0.6) is 0 Å². The third-order valence-electron chi connectivity index (χ3n) is 3.11. The Hall–Kier alpha value is -1.42. The minimum atomic E-state index is 0.790. The predicted octanol–water partition coefficient (Wildman–Crippen LogP) is 4.60. The van der Waals surface area contributed by atoms with E-state index in [2.05, 4.69) is 64.1 Å². The van der Waals surface area contributed by atoms with Gasteiger partial charge in [0.25, 0.3) is 0 Å². The number of rotatable bonds is 5. The average molecular weight is 334 g/mol. The van der Waals surface area contributed by atoms with E-state index in [0.717, 1.165) is 46.8 Å². The van der Waals surface area contributed by atoms with Gasteiger partial charge in [-0.2, -0.15) is 0 Å². The molecule has 0 saturated carbocycles. The van der Waals surface area contributed by atoms with E-state index in [1.165, 1.54) is 5.56 Å². The number of hydrogen-bond acceptors (Lipinski definition) is 3. The van der Waals surface area contributed by atoms with E-state index in [-0.39, 0.29) is 0 Å². The smallest absolute Gasteiger partial charge is 0.161 e. The second-order valence-corrected chi connectivity index (χ2v) is 5.67. The summed E-state index contributed by atoms with van der Waals surface area (Å²) in [5, 5.41) is 3.34. The number of nitrogens with one attached hydrogen (secondary N) is 1. The van der Waals surface area contributed by atoms with E-state index in [1.54, 1.807) is 0 Å². The quantitative estimate of drug-likeness (QED) is 0.868. The molecular formula is C16H20BrN3. The van der Waals surface area contributed by atoms with Gasteiger partial charge in [0.05, 0.1) is 0 Å². The van der Waals surface area contributed by atoms with E-state index < -0.39 is 0 Å². The largest absolute Gasteiger partial charge is 0.370 e. The second kappa shape index (κ2) is 6.84. The van der Waals surface area contributed by atoms with Gasteiger partial charge in [-0.05, 0) is 37.5 Å². The molecule has 2 aromatic rings. The van der Waals surface area contributed by atoms with Gasteiger partial charge in [0.15, 0.2) is 5.82 Å². The molecule has 2 rings (SSSR count). The Morgan fingerprint density at radius 2 is 1.95 bits per heavy atom. The molecule has 0 aliphatic carbocycles. The first-order valence-corrected chi connectivity index (χ1v) is 7.81. The van der Waals surface area contributed by atoms with Crippen LogP contribution in [0.2, 0.25) is 0 Å². The molecule has 3 nitrogen and oxygen atoms in total. The zero-order chi connectivity index (χ0) is 14.5. The maximum atomic E-state index is 4.63. The zero-order valence-corrected chi connectivity index (χ0v) is 13.8. The molecule has 106 valence electrons. The monoisotopic (exact) mass is 333 g/mol. The number of hydrogen-bond donors (Lipinski definition) is 1. The second-order valence-electron chi connectivity index (χ2n) is 4.81. The summed E-state index contributed by atoms with van der Waals surface area (Å²) >= 11 is 3.53. The molecule has 1 aromatic heterocycles. The summed E-state index contributed by atoms with van der Waals surface area (Å²) < 4.78 is 1.11. The SMILES string of the molecule is CCCNc1cc(CC)nc(-c2ccc(Br)c(C)c2)n1. The fraction of sp³-hybridized carbons (Fsp3) is 0.375. The third-order valence-corrected chi connectivity index (χ3v) is 4.00. The first-order valence-electron chi connectivity index (χ1n) is 7.02. The van der Waals surface area contributed by atoms with E-state index >= 15 is 0 Å². The van der Waals surface area contributed by atoms with Crippen LogP contribution in [-0.2, 0) is 6.42 Å². The number of aromatic nitrogens is 2. The molecular weight excluding hydrogens is 314 g/mol. The van der Waals surface area contributed by atoms with Gasteiger partial charge in [0.2, 0.25) is 0 Å². The molecule has 0 spiro atoms. The molecule has 20 heavy (non-hydrogen) atoms. The highest BCUT2D eigenvalue weighted by molar-refractivity contribution is 9.10. The summed E-state index contributed by atoms with van der Waals surface area (Å²) in [5.74, 6) is 1.70. The topological polar surface area (TPSA) is 37.8 Å². The van der Waals surface area contributed by atoms with Gasteiger partial charge in [0, 0.05) is 28.3 Å². The van der Waals surface area contributed by atoms with Crippen LogP contribution >= 0.6 is 15.9 Å². The highest BCUT2D eigenvalue weighted by Crippen LogP contribution is 2.24. The molecule has 0 aliphatic heterocycles. The lowest BCUT2D eigenvalue weighted by Gasteiger charge is -2.09. The van der Waals surface area contributed by atoms with Crippen molar-refractivity contribution < 1.29 is 0 Å². The Bertz CT molecular complexity index is 596. The van der Waals surface area contributed by atoms with Gasteiger partial charge in [-0.15, -0.1) is 0 Å². The Labute approximate surface area is 129 Å². The summed E-state index contributed by atoms with van der Waals surface area (Å²) in [6, 6.07) is 8.24. The van der Waals surface area contributed by atoms with E-state index in [9.17, 15) is 0 Å². The minimum absolute atomic E-state index is 0.790. The molecule has 0 amide bonds. The van der Waals surface area contributed by atoms with E-state index in [0.29, 0.717) is 0 Å². The Morgan fingerprint density at radius 3 is 2.60 bits per heavy atom. The van der Waals surface area contributed by atoms with Crippen molar-refractivity contribution in [2.75, 3.05) is 11.9 Å². The Morgan fingerprint density at radius 1 is 1.15 bits per heavy atom. The summed E-state index contributed by atoms with van der Waals surface area (Å²) in [6.07, 6.45) is 1.99. The van der Waals surface area contributed by atoms with Crippen LogP contribution in [0.25, 0.3) is 11.4 Å². The number of aryl methyl sites for hydroxylation is 2. The molecule has 1 aromatic carbocycles. The molecule has 0 atom stereocenters. The molecule has 0 fully saturated rings. The lowest BCUT2D eigenvalue weighted by atomic mass is 10.1. The summed E-state index contributed by atoms with van der Waals surface area (Å²) in [4.78, 5) is 9.26. The lowest BCUT2D eigenvalue weighted by molar-refractivity contribution is 0.951. The first-order chi connectivity index (χ1) is 9.63. The van der Waals surface area contributed by atoms with Crippen LogP contribution in [0.4, 0.5) is 5.82 Å². The van der Waals surface area contributed by atoms with Crippen LogP contribution in [0.3, 0.4) is 0 Å². The Kier molecular flexibility index (Phi) is 5.12. The fourth-order valence-corrected chi connectivity index (χ4v) is 2.18. The molecule has 1 N–H and O–H groups in total. The van der Waals surface area contributed by atoms with Crippen molar-refractivity contribution in [1.82, 2.24) is 9.97 Å². The highest BCUT2D eigenvalue weighted by Gasteiger charge is 2.07. The van der Waals surface area contributed by atoms with Gasteiger partial charge >= 0.3 is 0 Å². The molecule has 0 radical (unpaired) electrons. The van der Waals surface area contributed by atoms with Crippen LogP contribution in [0.15, 0.2) is 28.7 Å². The summed E-state index contributed by atoms with van der Waals surface area (Å²) in [6.45, 7) is 7.27. The summed E-state index contributed by atoms with van der Waals surface area (Å²) in [7, 11) is 0. The minimum Gasteiger partial charge on any atom is -0.370 e. The number of nitrogens with zero attached hydrogens (tertiary/aromatic N) is 2. The Balaban J connectivity index is 2.41. The first kappa shape index (κ1) is 15.0. The van der Waals surface area contributed by atoms with Crippen LogP contribution in [0, 0.1) is 6.92 Å². The van der Waals surface area contributed by atoms with Crippen molar-refractivity contribution in [3.05, 3.63) is 40.0 Å². The van der Waals surface area contributed by atoms with Crippen molar-refractivity contribution in [1.29, 1.82) is 0 Å². The van der Waals surface area contributed by atoms with Gasteiger partial charge in [-0.3, -0.25) is 0 Å². The van der Waals surface area contributed by atoms with Crippen molar-refractivity contribution in [2.24, 2.45) is 0 Å². The normalized spacial score (nSPS) is 10.6. The zero-order valence-electron chi connectivity index (χ0n) is 12.2. The van der Waals surface area contributed by atoms with Crippen molar-refractivity contribution in [3.63, 3.8) is 0 Å². The van der Waals surface area contributed by atoms with E-state index in [4.69, 9.17) is 0 Å². The standard InChI is InChI=1S/C16H20BrN3/c1-4-8-18-15-10-13(5-2)19-16(20-15)12-6-7-14(17)11(3)9-12/h6-7,9-10H,4-5,8H2,1-3H3,(H,18,19,20). The third kappa shape index (κ3) is 3.57. The van der Waals surface area contributed by atoms with Crippen molar-refractivity contribution in [2.45, 2.75) is 33.6 Å². The van der Waals surface area contributed by atoms with Crippen LogP contribution in [0.1, 0.15) is 31.5 Å². The van der Waals surface area contributed by atoms with Gasteiger partial charge in [0.1, 0.15) is 5.82 Å². The van der Waals surface area contributed by atoms with Crippen molar-refractivity contribution in [3.8, 4) is 11.4 Å². The van der Waals surface area contributed by atoms with Crippen molar-refractivity contribution >= 4 is 21.7 Å². The summed E-state index contributed by atoms with van der Waals surface area (Å²) in [5.41, 5.74) is 3.31. The van der Waals surface area contributed by atoms with Gasteiger partial charge < -0.3 is 5.32 Å². The molecule has 0 aliphatic rings. The molecule has 0 saturated heterocycles. The molecule has 1 heterocycles. The van der Waals surface area contributed by atoms with Gasteiger partial charge in [-0.25, -0.2) is 9.97 Å². The van der Waals surface area contributed by atoms with Gasteiger partial charge in [-0.1, -0.05) is 35.8 Å². The molecule has 0 bridgehead atoms. The van der Waals surface area contributed by atoms with Crippen LogP contribution < -0.4 is 5.32 Å². The number of anilines is 1. The maximum Gasteiger partial charge on any atom is 0.161 e. The van der Waals surface area contributed by atoms with Crippen LogP contribution in [-0.4, -0.2) is 16.5 Å². The number of benzene rings is 1. The van der Waals surface area contributed by atoms with E-state index in [1.807, 2.05) is 12.1 Å². The predicted molar refractivity (Wildman–Crippen MR) is 88.1 cm³/mol. The average Bonchev–Trinajstić information content (AvgIpc) is 2.47. The maximum absolute atomic E-state index is 4.63. The lowest BCUT2D eigenvalue weighted by Crippen LogP contribution is -2.05. The molecule has 0 unspecified atom stereocenters. The number of halogens is 1. The highest BCUT2D eigenvalue weighted by atomic mass is 79.9.